The van der Waals surface area contributed by atoms with Crippen LogP contribution in [0.15, 0.2) is 30.3 Å². The topological polar surface area (TPSA) is 84.2 Å². The van der Waals surface area contributed by atoms with E-state index < -0.39 is 11.8 Å². The van der Waals surface area contributed by atoms with E-state index in [1.54, 1.807) is 0 Å². The van der Waals surface area contributed by atoms with Crippen LogP contribution in [-0.2, 0) is 9.59 Å². The van der Waals surface area contributed by atoms with Crippen LogP contribution in [0.2, 0.25) is 0 Å². The number of carbonyl (C=O) groups is 2. The molecule has 1 saturated heterocycles. The molecule has 4 N–H and O–H groups in total. The Morgan fingerprint density at radius 2 is 2.06 bits per heavy atom. The van der Waals surface area contributed by atoms with Crippen LogP contribution in [-0.4, -0.2) is 18.4 Å². The third-order valence-corrected chi connectivity index (χ3v) is 2.83. The van der Waals surface area contributed by atoms with Crippen molar-refractivity contribution in [3.63, 3.8) is 0 Å². The molecule has 1 fully saturated rings. The first kappa shape index (κ1) is 10.6. The van der Waals surface area contributed by atoms with E-state index in [4.69, 9.17) is 5.84 Å². The van der Waals surface area contributed by atoms with Gasteiger partial charge in [0.25, 0.3) is 0 Å². The Bertz CT molecular complexity index is 405. The lowest BCUT2D eigenvalue weighted by atomic mass is 9.88. The van der Waals surface area contributed by atoms with Crippen LogP contribution in [0, 0.1) is 5.92 Å². The zero-order valence-electron chi connectivity index (χ0n) is 8.64. The molecule has 84 valence electrons. The summed E-state index contributed by atoms with van der Waals surface area (Å²) in [6.45, 7) is 0.473. The monoisotopic (exact) mass is 219 g/mol. The number of hydrogen-bond donors (Lipinski definition) is 3. The van der Waals surface area contributed by atoms with Gasteiger partial charge in [-0.1, -0.05) is 30.3 Å². The summed E-state index contributed by atoms with van der Waals surface area (Å²) in [5.74, 6) is 3.50. The van der Waals surface area contributed by atoms with Gasteiger partial charge in [0.2, 0.25) is 11.8 Å². The van der Waals surface area contributed by atoms with Crippen LogP contribution in [0.4, 0.5) is 0 Å². The number of rotatable bonds is 2. The van der Waals surface area contributed by atoms with Gasteiger partial charge in [0.05, 0.1) is 0 Å². The molecule has 2 amide bonds. The Hall–Kier alpha value is -1.88. The maximum Gasteiger partial charge on any atom is 0.247 e. The van der Waals surface area contributed by atoms with E-state index in [1.807, 2.05) is 35.8 Å². The van der Waals surface area contributed by atoms with Gasteiger partial charge in [0, 0.05) is 12.5 Å². The van der Waals surface area contributed by atoms with Gasteiger partial charge in [-0.15, -0.1) is 0 Å². The normalized spacial score (nSPS) is 23.9. The number of nitrogens with one attached hydrogen (secondary N) is 2. The second-order valence-electron chi connectivity index (χ2n) is 3.75. The largest absolute Gasteiger partial charge is 0.355 e. The first-order valence-corrected chi connectivity index (χ1v) is 5.07. The Labute approximate surface area is 93.0 Å². The van der Waals surface area contributed by atoms with Gasteiger partial charge in [-0.25, -0.2) is 5.84 Å². The Kier molecular flexibility index (Phi) is 2.87. The number of hydrogen-bond acceptors (Lipinski definition) is 3. The van der Waals surface area contributed by atoms with Gasteiger partial charge in [-0.3, -0.25) is 15.0 Å². The van der Waals surface area contributed by atoms with E-state index in [0.29, 0.717) is 6.54 Å². The van der Waals surface area contributed by atoms with Crippen molar-refractivity contribution in [3.05, 3.63) is 35.9 Å². The van der Waals surface area contributed by atoms with Gasteiger partial charge in [0.15, 0.2) is 0 Å². The highest BCUT2D eigenvalue weighted by Crippen LogP contribution is 2.28. The molecule has 0 aliphatic carbocycles. The highest BCUT2D eigenvalue weighted by molar-refractivity contribution is 6.02. The van der Waals surface area contributed by atoms with E-state index in [-0.39, 0.29) is 11.8 Å². The zero-order valence-corrected chi connectivity index (χ0v) is 8.64. The second-order valence-corrected chi connectivity index (χ2v) is 3.75. The number of hydrazine groups is 1. The zero-order chi connectivity index (χ0) is 11.5. The molecule has 0 aromatic heterocycles. The van der Waals surface area contributed by atoms with Gasteiger partial charge < -0.3 is 5.32 Å². The highest BCUT2D eigenvalue weighted by atomic mass is 16.2. The molecule has 0 spiro atoms. The average molecular weight is 219 g/mol. The van der Waals surface area contributed by atoms with E-state index in [1.165, 1.54) is 0 Å². The van der Waals surface area contributed by atoms with Crippen LogP contribution >= 0.6 is 0 Å². The van der Waals surface area contributed by atoms with Crippen LogP contribution in [0.3, 0.4) is 0 Å². The predicted octanol–water partition coefficient (Wildman–Crippen LogP) is -0.494. The molecule has 1 aliphatic rings. The maximum atomic E-state index is 11.5. The Morgan fingerprint density at radius 3 is 2.69 bits per heavy atom. The van der Waals surface area contributed by atoms with Crippen LogP contribution < -0.4 is 16.6 Å². The molecular weight excluding hydrogens is 206 g/mol. The van der Waals surface area contributed by atoms with Crippen molar-refractivity contribution in [2.75, 3.05) is 6.54 Å². The summed E-state index contributed by atoms with van der Waals surface area (Å²) in [7, 11) is 0. The van der Waals surface area contributed by atoms with Gasteiger partial charge in [0.1, 0.15) is 5.92 Å². The maximum absolute atomic E-state index is 11.5. The first-order chi connectivity index (χ1) is 7.74. The molecule has 16 heavy (non-hydrogen) atoms. The number of amides is 2. The van der Waals surface area contributed by atoms with Gasteiger partial charge >= 0.3 is 0 Å². The van der Waals surface area contributed by atoms with Gasteiger partial charge in [-0.05, 0) is 5.56 Å². The standard InChI is InChI=1S/C11H13N3O2/c12-14-11(16)9-8(6-13-10(9)15)7-4-2-1-3-5-7/h1-5,8-9H,6,12H2,(H,13,15)(H,14,16)/t8-,9-/m0/s1. The van der Waals surface area contributed by atoms with Crippen molar-refractivity contribution in [1.29, 1.82) is 0 Å². The second kappa shape index (κ2) is 4.32. The molecular formula is C11H13N3O2. The molecule has 0 saturated carbocycles. The van der Waals surface area contributed by atoms with Crippen LogP contribution in [0.5, 0.6) is 0 Å². The summed E-state index contributed by atoms with van der Waals surface area (Å²) in [5.41, 5.74) is 3.00. The molecule has 1 aromatic carbocycles. The summed E-state index contributed by atoms with van der Waals surface area (Å²) in [4.78, 5) is 23.0. The summed E-state index contributed by atoms with van der Waals surface area (Å²) >= 11 is 0. The fourth-order valence-corrected chi connectivity index (χ4v) is 2.02. The van der Waals surface area contributed by atoms with Crippen LogP contribution in [0.25, 0.3) is 0 Å². The fraction of sp³-hybridized carbons (Fsp3) is 0.273. The highest BCUT2D eigenvalue weighted by Gasteiger charge is 2.40. The molecule has 1 aromatic rings. The fourth-order valence-electron chi connectivity index (χ4n) is 2.02. The van der Waals surface area contributed by atoms with Crippen molar-refractivity contribution in [2.45, 2.75) is 5.92 Å². The van der Waals surface area contributed by atoms with Crippen molar-refractivity contribution in [1.82, 2.24) is 10.7 Å². The smallest absolute Gasteiger partial charge is 0.247 e. The molecule has 0 unspecified atom stereocenters. The summed E-state index contributed by atoms with van der Waals surface area (Å²) in [5, 5.41) is 2.68. The molecule has 0 radical (unpaired) electrons. The Morgan fingerprint density at radius 1 is 1.38 bits per heavy atom. The molecule has 5 nitrogen and oxygen atoms in total. The van der Waals surface area contributed by atoms with E-state index >= 15 is 0 Å². The van der Waals surface area contributed by atoms with Gasteiger partial charge in [-0.2, -0.15) is 0 Å². The minimum Gasteiger partial charge on any atom is -0.355 e. The lowest BCUT2D eigenvalue weighted by Gasteiger charge is -2.15. The average Bonchev–Trinajstić information content (AvgIpc) is 2.71. The van der Waals surface area contributed by atoms with Crippen molar-refractivity contribution >= 4 is 11.8 Å². The van der Waals surface area contributed by atoms with Crippen molar-refractivity contribution in [3.8, 4) is 0 Å². The number of carbonyl (C=O) groups excluding carboxylic acids is 2. The number of benzene rings is 1. The lowest BCUT2D eigenvalue weighted by Crippen LogP contribution is -2.40. The van der Waals surface area contributed by atoms with E-state index in [9.17, 15) is 9.59 Å². The molecule has 1 aliphatic heterocycles. The SMILES string of the molecule is NNC(=O)[C@@H]1C(=O)NC[C@H]1c1ccccc1. The molecule has 5 heteroatoms. The molecule has 2 atom stereocenters. The van der Waals surface area contributed by atoms with E-state index in [0.717, 1.165) is 5.56 Å². The minimum atomic E-state index is -0.729. The lowest BCUT2D eigenvalue weighted by molar-refractivity contribution is -0.133. The van der Waals surface area contributed by atoms with E-state index in [2.05, 4.69) is 5.32 Å². The first-order valence-electron chi connectivity index (χ1n) is 5.07. The molecule has 1 heterocycles. The summed E-state index contributed by atoms with van der Waals surface area (Å²) in [6, 6.07) is 9.47. The molecule has 2 rings (SSSR count). The molecule has 0 bridgehead atoms. The quantitative estimate of drug-likeness (QED) is 0.271. The number of nitrogens with two attached hydrogens (primary N) is 1. The predicted molar refractivity (Wildman–Crippen MR) is 58.0 cm³/mol. The summed E-state index contributed by atoms with van der Waals surface area (Å²) < 4.78 is 0. The summed E-state index contributed by atoms with van der Waals surface area (Å²) in [6.07, 6.45) is 0. The minimum absolute atomic E-state index is 0.141. The van der Waals surface area contributed by atoms with Crippen molar-refractivity contribution < 1.29 is 9.59 Å². The van der Waals surface area contributed by atoms with Crippen LogP contribution in [0.1, 0.15) is 11.5 Å². The third-order valence-electron chi connectivity index (χ3n) is 2.83. The third kappa shape index (κ3) is 1.77. The van der Waals surface area contributed by atoms with Crippen molar-refractivity contribution in [2.24, 2.45) is 11.8 Å². The Balaban J connectivity index is 2.28.